The average molecular weight is 396 g/mol. The fraction of sp³-hybridized carbons (Fsp3) is 0.438. The van der Waals surface area contributed by atoms with Gasteiger partial charge in [-0.3, -0.25) is 9.52 Å². The average Bonchev–Trinajstić information content (AvgIpc) is 3.12. The van der Waals surface area contributed by atoms with Crippen molar-refractivity contribution < 1.29 is 13.2 Å². The molecule has 26 heavy (non-hydrogen) atoms. The molecule has 1 saturated heterocycles. The van der Waals surface area contributed by atoms with E-state index in [9.17, 15) is 13.2 Å². The van der Waals surface area contributed by atoms with Gasteiger partial charge in [0.05, 0.1) is 0 Å². The lowest BCUT2D eigenvalue weighted by Crippen LogP contribution is -2.48. The number of amides is 1. The molecular weight excluding hydrogens is 374 g/mol. The fourth-order valence-electron chi connectivity index (χ4n) is 2.68. The topological polar surface area (TPSA) is 95.5 Å². The molecule has 0 unspecified atom stereocenters. The van der Waals surface area contributed by atoms with E-state index in [-0.39, 0.29) is 15.9 Å². The van der Waals surface area contributed by atoms with Crippen molar-refractivity contribution in [1.29, 1.82) is 0 Å². The number of aromatic nitrogens is 2. The molecule has 8 nitrogen and oxygen atoms in total. The highest BCUT2D eigenvalue weighted by Gasteiger charge is 2.21. The van der Waals surface area contributed by atoms with Gasteiger partial charge in [0.1, 0.15) is 4.21 Å². The summed E-state index contributed by atoms with van der Waals surface area (Å²) in [5.41, 5.74) is 0. The fourth-order valence-corrected chi connectivity index (χ4v) is 4.97. The zero-order valence-electron chi connectivity index (χ0n) is 14.7. The van der Waals surface area contributed by atoms with E-state index >= 15 is 0 Å². The molecule has 3 heterocycles. The van der Waals surface area contributed by atoms with E-state index in [1.54, 1.807) is 30.0 Å². The second kappa shape index (κ2) is 7.58. The molecule has 2 aromatic rings. The maximum absolute atomic E-state index is 12.4. The van der Waals surface area contributed by atoms with Crippen molar-refractivity contribution in [2.24, 2.45) is 0 Å². The molecule has 0 saturated carbocycles. The van der Waals surface area contributed by atoms with Crippen molar-refractivity contribution in [3.63, 3.8) is 0 Å². The number of nitrogens with one attached hydrogen (secondary N) is 1. The molecule has 0 atom stereocenters. The number of hydrogen-bond acceptors (Lipinski definition) is 7. The zero-order valence-corrected chi connectivity index (χ0v) is 16.3. The molecule has 1 aliphatic rings. The number of nitrogens with zero attached hydrogens (tertiary/aromatic N) is 4. The summed E-state index contributed by atoms with van der Waals surface area (Å²) in [6.45, 7) is 6.18. The maximum Gasteiger partial charge on any atom is 0.272 e. The number of piperazine rings is 1. The third-order valence-electron chi connectivity index (χ3n) is 4.19. The van der Waals surface area contributed by atoms with Crippen molar-refractivity contribution in [3.05, 3.63) is 29.1 Å². The lowest BCUT2D eigenvalue weighted by atomic mass is 10.3. The van der Waals surface area contributed by atoms with E-state index in [0.29, 0.717) is 32.0 Å². The standard InChI is InChI=1S/C16H21N5O3S2/c1-3-13-4-7-16(25-13)26(23,24)19-14-5-6-15(18-17-14)21-10-8-20(9-11-21)12(2)22/h4-7H,3,8-11H2,1-2H3,(H,17,19). The van der Waals surface area contributed by atoms with Crippen LogP contribution in [0.4, 0.5) is 11.6 Å². The van der Waals surface area contributed by atoms with Crippen LogP contribution >= 0.6 is 11.3 Å². The number of thiophene rings is 1. The van der Waals surface area contributed by atoms with Gasteiger partial charge in [0.15, 0.2) is 11.6 Å². The Kier molecular flexibility index (Phi) is 5.42. The molecule has 0 spiro atoms. The molecule has 0 bridgehead atoms. The summed E-state index contributed by atoms with van der Waals surface area (Å²) in [7, 11) is -3.65. The van der Waals surface area contributed by atoms with Crippen LogP contribution in [-0.4, -0.2) is 55.6 Å². The van der Waals surface area contributed by atoms with E-state index < -0.39 is 10.0 Å². The Morgan fingerprint density at radius 1 is 1.15 bits per heavy atom. The third kappa shape index (κ3) is 4.13. The normalized spacial score (nSPS) is 15.2. The first kappa shape index (κ1) is 18.6. The van der Waals surface area contributed by atoms with Crippen molar-refractivity contribution in [3.8, 4) is 0 Å². The van der Waals surface area contributed by atoms with Gasteiger partial charge in [0.2, 0.25) is 5.91 Å². The highest BCUT2D eigenvalue weighted by atomic mass is 32.2. The van der Waals surface area contributed by atoms with Gasteiger partial charge >= 0.3 is 0 Å². The van der Waals surface area contributed by atoms with Crippen LogP contribution in [0.2, 0.25) is 0 Å². The predicted molar refractivity (Wildman–Crippen MR) is 101 cm³/mol. The summed E-state index contributed by atoms with van der Waals surface area (Å²) in [4.78, 5) is 16.2. The minimum absolute atomic E-state index is 0.0697. The van der Waals surface area contributed by atoms with Crippen LogP contribution in [-0.2, 0) is 21.2 Å². The highest BCUT2D eigenvalue weighted by Crippen LogP contribution is 2.24. The van der Waals surface area contributed by atoms with E-state index in [0.717, 1.165) is 11.3 Å². The van der Waals surface area contributed by atoms with Gasteiger partial charge in [-0.25, -0.2) is 8.42 Å². The molecule has 0 radical (unpaired) electrons. The van der Waals surface area contributed by atoms with Crippen molar-refractivity contribution in [2.75, 3.05) is 35.8 Å². The number of carbonyl (C=O) groups excluding carboxylic acids is 1. The molecule has 10 heteroatoms. The van der Waals surface area contributed by atoms with Crippen LogP contribution in [0.25, 0.3) is 0 Å². The molecule has 1 fully saturated rings. The van der Waals surface area contributed by atoms with Crippen LogP contribution in [0.15, 0.2) is 28.5 Å². The molecular formula is C16H21N5O3S2. The van der Waals surface area contributed by atoms with Gasteiger partial charge in [-0.1, -0.05) is 6.92 Å². The summed E-state index contributed by atoms with van der Waals surface area (Å²) in [5.74, 6) is 0.920. The Balaban J connectivity index is 1.65. The Bertz CT molecular complexity index is 872. The zero-order chi connectivity index (χ0) is 18.7. The minimum Gasteiger partial charge on any atom is -0.352 e. The largest absolute Gasteiger partial charge is 0.352 e. The predicted octanol–water partition coefficient (Wildman–Crippen LogP) is 1.57. The molecule has 2 aromatic heterocycles. The number of rotatable bonds is 5. The number of carbonyl (C=O) groups is 1. The van der Waals surface area contributed by atoms with Gasteiger partial charge in [-0.15, -0.1) is 21.5 Å². The molecule has 1 aliphatic heterocycles. The second-order valence-corrected chi connectivity index (χ2v) is 9.03. The SMILES string of the molecule is CCc1ccc(S(=O)(=O)Nc2ccc(N3CCN(C(C)=O)CC3)nn2)s1. The van der Waals surface area contributed by atoms with Crippen molar-refractivity contribution in [1.82, 2.24) is 15.1 Å². The number of anilines is 2. The summed E-state index contributed by atoms with van der Waals surface area (Å²) in [6.07, 6.45) is 0.797. The number of aryl methyl sites for hydroxylation is 1. The monoisotopic (exact) mass is 395 g/mol. The van der Waals surface area contributed by atoms with Gasteiger partial charge < -0.3 is 9.80 Å². The lowest BCUT2D eigenvalue weighted by Gasteiger charge is -2.34. The summed E-state index contributed by atoms with van der Waals surface area (Å²) < 4.78 is 27.5. The molecule has 3 rings (SSSR count). The van der Waals surface area contributed by atoms with Crippen LogP contribution < -0.4 is 9.62 Å². The second-order valence-electron chi connectivity index (χ2n) is 5.95. The van der Waals surface area contributed by atoms with Gasteiger partial charge in [0.25, 0.3) is 10.0 Å². The third-order valence-corrected chi connectivity index (χ3v) is 7.26. The summed E-state index contributed by atoms with van der Waals surface area (Å²) in [5, 5.41) is 8.11. The Morgan fingerprint density at radius 3 is 2.42 bits per heavy atom. The first-order chi connectivity index (χ1) is 12.4. The Hall–Kier alpha value is -2.20. The number of hydrogen-bond donors (Lipinski definition) is 1. The van der Waals surface area contributed by atoms with Crippen molar-refractivity contribution >= 4 is 38.9 Å². The van der Waals surface area contributed by atoms with Crippen LogP contribution in [0.3, 0.4) is 0 Å². The first-order valence-electron chi connectivity index (χ1n) is 8.35. The van der Waals surface area contributed by atoms with Crippen LogP contribution in [0.5, 0.6) is 0 Å². The molecule has 0 aliphatic carbocycles. The van der Waals surface area contributed by atoms with Gasteiger partial charge in [-0.05, 0) is 30.7 Å². The molecule has 1 N–H and O–H groups in total. The van der Waals surface area contributed by atoms with Crippen LogP contribution in [0.1, 0.15) is 18.7 Å². The van der Waals surface area contributed by atoms with E-state index in [1.807, 2.05) is 17.9 Å². The maximum atomic E-state index is 12.4. The smallest absolute Gasteiger partial charge is 0.272 e. The van der Waals surface area contributed by atoms with Gasteiger partial charge in [-0.2, -0.15) is 0 Å². The van der Waals surface area contributed by atoms with Gasteiger partial charge in [0, 0.05) is 38.0 Å². The summed E-state index contributed by atoms with van der Waals surface area (Å²) >= 11 is 1.25. The Morgan fingerprint density at radius 2 is 1.88 bits per heavy atom. The Labute approximate surface area is 156 Å². The highest BCUT2D eigenvalue weighted by molar-refractivity contribution is 7.94. The molecule has 0 aromatic carbocycles. The lowest BCUT2D eigenvalue weighted by molar-refractivity contribution is -0.129. The molecule has 1 amide bonds. The molecule has 140 valence electrons. The van der Waals surface area contributed by atoms with E-state index in [2.05, 4.69) is 14.9 Å². The quantitative estimate of drug-likeness (QED) is 0.826. The van der Waals surface area contributed by atoms with E-state index in [1.165, 1.54) is 11.3 Å². The first-order valence-corrected chi connectivity index (χ1v) is 10.6. The number of sulfonamides is 1. The van der Waals surface area contributed by atoms with Crippen molar-refractivity contribution in [2.45, 2.75) is 24.5 Å². The van der Waals surface area contributed by atoms with E-state index in [4.69, 9.17) is 0 Å². The van der Waals surface area contributed by atoms with Crippen LogP contribution in [0, 0.1) is 0 Å². The minimum atomic E-state index is -3.65. The summed E-state index contributed by atoms with van der Waals surface area (Å²) in [6, 6.07) is 6.75.